The van der Waals surface area contributed by atoms with E-state index in [0.29, 0.717) is 0 Å². The van der Waals surface area contributed by atoms with Gasteiger partial charge in [0.2, 0.25) is 0 Å². The molecule has 4 heteroatoms. The fraction of sp³-hybridized carbons (Fsp3) is 0.455. The van der Waals surface area contributed by atoms with Crippen molar-refractivity contribution < 1.29 is 4.74 Å². The second-order valence-corrected chi connectivity index (χ2v) is 3.82. The highest BCUT2D eigenvalue weighted by molar-refractivity contribution is 7.98. The van der Waals surface area contributed by atoms with E-state index in [9.17, 15) is 0 Å². The van der Waals surface area contributed by atoms with Crippen LogP contribution in [0.4, 0.5) is 0 Å². The number of hydrogen-bond acceptors (Lipinski definition) is 3. The van der Waals surface area contributed by atoms with Gasteiger partial charge >= 0.3 is 0 Å². The minimum atomic E-state index is 0. The van der Waals surface area contributed by atoms with Crippen molar-refractivity contribution in [2.24, 2.45) is 0 Å². The Kier molecular flexibility index (Phi) is 7.65. The maximum Gasteiger partial charge on any atom is 0.132 e. The van der Waals surface area contributed by atoms with E-state index >= 15 is 0 Å². The van der Waals surface area contributed by atoms with Gasteiger partial charge in [0, 0.05) is 11.4 Å². The molecule has 0 amide bonds. The number of methoxy groups -OCH3 is 1. The zero-order valence-corrected chi connectivity index (χ0v) is 11.0. The smallest absolute Gasteiger partial charge is 0.132 e. The number of thioether (sulfide) groups is 1. The molecular formula is C11H18ClNOS. The van der Waals surface area contributed by atoms with Crippen LogP contribution < -0.4 is 10.1 Å². The molecule has 0 aliphatic rings. The Hall–Kier alpha value is -0.380. The van der Waals surface area contributed by atoms with Gasteiger partial charge in [-0.1, -0.05) is 13.0 Å². The molecule has 1 rings (SSSR count). The number of nitrogens with one attached hydrogen (secondary N) is 1. The van der Waals surface area contributed by atoms with Crippen LogP contribution in [-0.4, -0.2) is 19.9 Å². The van der Waals surface area contributed by atoms with Crippen LogP contribution in [0.1, 0.15) is 12.5 Å². The lowest BCUT2D eigenvalue weighted by Crippen LogP contribution is -2.11. The van der Waals surface area contributed by atoms with Crippen LogP contribution in [0.15, 0.2) is 23.1 Å². The summed E-state index contributed by atoms with van der Waals surface area (Å²) in [5, 5.41) is 3.29. The van der Waals surface area contributed by atoms with E-state index in [0.717, 1.165) is 18.8 Å². The summed E-state index contributed by atoms with van der Waals surface area (Å²) in [5.41, 5.74) is 1.27. The van der Waals surface area contributed by atoms with Gasteiger partial charge in [-0.25, -0.2) is 0 Å². The van der Waals surface area contributed by atoms with Crippen molar-refractivity contribution >= 4 is 24.2 Å². The van der Waals surface area contributed by atoms with E-state index in [4.69, 9.17) is 4.74 Å². The molecule has 1 aromatic carbocycles. The van der Waals surface area contributed by atoms with Crippen molar-refractivity contribution in [1.29, 1.82) is 0 Å². The van der Waals surface area contributed by atoms with Gasteiger partial charge in [-0.2, -0.15) is 0 Å². The molecular weight excluding hydrogens is 230 g/mol. The van der Waals surface area contributed by atoms with Crippen molar-refractivity contribution in [2.45, 2.75) is 18.4 Å². The molecule has 0 unspecified atom stereocenters. The molecule has 15 heavy (non-hydrogen) atoms. The van der Waals surface area contributed by atoms with Crippen LogP contribution in [0.5, 0.6) is 5.75 Å². The molecule has 0 bridgehead atoms. The van der Waals surface area contributed by atoms with Gasteiger partial charge in [-0.15, -0.1) is 24.2 Å². The molecule has 2 nitrogen and oxygen atoms in total. The highest BCUT2D eigenvalue weighted by Gasteiger charge is 2.02. The minimum Gasteiger partial charge on any atom is -0.496 e. The molecule has 1 aromatic rings. The summed E-state index contributed by atoms with van der Waals surface area (Å²) < 4.78 is 5.31. The van der Waals surface area contributed by atoms with E-state index in [1.165, 1.54) is 10.5 Å². The Morgan fingerprint density at radius 1 is 1.40 bits per heavy atom. The van der Waals surface area contributed by atoms with Crippen molar-refractivity contribution in [3.63, 3.8) is 0 Å². The molecule has 0 aliphatic carbocycles. The van der Waals surface area contributed by atoms with E-state index < -0.39 is 0 Å². The molecule has 0 radical (unpaired) electrons. The molecule has 0 aliphatic heterocycles. The topological polar surface area (TPSA) is 21.3 Å². The molecule has 0 fully saturated rings. The van der Waals surface area contributed by atoms with Crippen molar-refractivity contribution in [1.82, 2.24) is 5.32 Å². The maximum absolute atomic E-state index is 5.31. The Bertz CT molecular complexity index is 294. The third kappa shape index (κ3) is 4.33. The third-order valence-electron chi connectivity index (χ3n) is 2.03. The molecule has 0 spiro atoms. The Morgan fingerprint density at radius 3 is 2.67 bits per heavy atom. The molecule has 0 saturated carbocycles. The van der Waals surface area contributed by atoms with E-state index in [1.807, 2.05) is 0 Å². The number of hydrogen-bond donors (Lipinski definition) is 1. The fourth-order valence-electron chi connectivity index (χ4n) is 1.26. The van der Waals surface area contributed by atoms with Crippen LogP contribution >= 0.6 is 24.2 Å². The second kappa shape index (κ2) is 7.85. The van der Waals surface area contributed by atoms with Crippen molar-refractivity contribution in [3.8, 4) is 5.75 Å². The summed E-state index contributed by atoms with van der Waals surface area (Å²) in [7, 11) is 1.71. The van der Waals surface area contributed by atoms with Gasteiger partial charge < -0.3 is 10.1 Å². The summed E-state index contributed by atoms with van der Waals surface area (Å²) in [6.07, 6.45) is 2.06. The van der Waals surface area contributed by atoms with E-state index in [1.54, 1.807) is 18.9 Å². The Balaban J connectivity index is 0.00000196. The Labute approximate surface area is 102 Å². The van der Waals surface area contributed by atoms with Gasteiger partial charge in [0.15, 0.2) is 0 Å². The first-order chi connectivity index (χ1) is 6.81. The summed E-state index contributed by atoms with van der Waals surface area (Å²) >= 11 is 1.71. The highest BCUT2D eigenvalue weighted by atomic mass is 35.5. The normalized spacial score (nSPS) is 9.53. The monoisotopic (exact) mass is 247 g/mol. The first kappa shape index (κ1) is 14.6. The zero-order chi connectivity index (χ0) is 10.4. The predicted octanol–water partition coefficient (Wildman–Crippen LogP) is 2.95. The molecule has 0 saturated heterocycles. The van der Waals surface area contributed by atoms with E-state index in [-0.39, 0.29) is 12.4 Å². The number of ether oxygens (including phenoxy) is 1. The Morgan fingerprint density at radius 2 is 2.13 bits per heavy atom. The molecule has 0 heterocycles. The van der Waals surface area contributed by atoms with E-state index in [2.05, 4.69) is 36.7 Å². The standard InChI is InChI=1S/C11H17NOS.ClH/c1-4-12-8-9-5-6-11(14-3)10(7-9)13-2;/h5-7,12H,4,8H2,1-3H3;1H. The molecule has 0 aromatic heterocycles. The first-order valence-corrected chi connectivity index (χ1v) is 5.96. The summed E-state index contributed by atoms with van der Waals surface area (Å²) in [6.45, 7) is 4.00. The lowest BCUT2D eigenvalue weighted by atomic mass is 10.2. The van der Waals surface area contributed by atoms with Crippen LogP contribution in [0.3, 0.4) is 0 Å². The van der Waals surface area contributed by atoms with Crippen LogP contribution in [-0.2, 0) is 6.54 Å². The fourth-order valence-corrected chi connectivity index (χ4v) is 1.81. The zero-order valence-electron chi connectivity index (χ0n) is 9.37. The average Bonchev–Trinajstić information content (AvgIpc) is 2.25. The number of halogens is 1. The van der Waals surface area contributed by atoms with Crippen molar-refractivity contribution in [3.05, 3.63) is 23.8 Å². The van der Waals surface area contributed by atoms with Crippen LogP contribution in [0.25, 0.3) is 0 Å². The number of benzene rings is 1. The van der Waals surface area contributed by atoms with Gasteiger partial charge in [0.05, 0.1) is 7.11 Å². The highest BCUT2D eigenvalue weighted by Crippen LogP contribution is 2.28. The van der Waals surface area contributed by atoms with Crippen molar-refractivity contribution in [2.75, 3.05) is 19.9 Å². The molecule has 86 valence electrons. The predicted molar refractivity (Wildman–Crippen MR) is 69.4 cm³/mol. The lowest BCUT2D eigenvalue weighted by molar-refractivity contribution is 0.404. The molecule has 1 N–H and O–H groups in total. The summed E-state index contributed by atoms with van der Waals surface area (Å²) in [5.74, 6) is 0.966. The van der Waals surface area contributed by atoms with Gasteiger partial charge in [0.1, 0.15) is 5.75 Å². The first-order valence-electron chi connectivity index (χ1n) is 4.73. The quantitative estimate of drug-likeness (QED) is 0.809. The van der Waals surface area contributed by atoms with Crippen LogP contribution in [0, 0.1) is 0 Å². The maximum atomic E-state index is 5.31. The average molecular weight is 248 g/mol. The van der Waals surface area contributed by atoms with Gasteiger partial charge in [-0.3, -0.25) is 0 Å². The largest absolute Gasteiger partial charge is 0.496 e. The van der Waals surface area contributed by atoms with Crippen LogP contribution in [0.2, 0.25) is 0 Å². The second-order valence-electron chi connectivity index (χ2n) is 2.97. The summed E-state index contributed by atoms with van der Waals surface area (Å²) in [4.78, 5) is 1.19. The summed E-state index contributed by atoms with van der Waals surface area (Å²) in [6, 6.07) is 6.34. The van der Waals surface area contributed by atoms with Gasteiger partial charge in [-0.05, 0) is 30.5 Å². The molecule has 0 atom stereocenters. The number of rotatable bonds is 5. The SMILES string of the molecule is CCNCc1ccc(SC)c(OC)c1.Cl. The van der Waals surface area contributed by atoms with Gasteiger partial charge in [0.25, 0.3) is 0 Å². The minimum absolute atomic E-state index is 0. The third-order valence-corrected chi connectivity index (χ3v) is 2.80. The lowest BCUT2D eigenvalue weighted by Gasteiger charge is -2.08.